The fourth-order valence-electron chi connectivity index (χ4n) is 3.32. The second-order valence-corrected chi connectivity index (χ2v) is 9.20. The first-order valence-electron chi connectivity index (χ1n) is 9.77. The number of nitrogens with one attached hydrogen (secondary N) is 1. The Labute approximate surface area is 187 Å². The van der Waals surface area contributed by atoms with Crippen molar-refractivity contribution in [3.8, 4) is 11.4 Å². The van der Waals surface area contributed by atoms with Crippen LogP contribution in [0.2, 0.25) is 0 Å². The van der Waals surface area contributed by atoms with E-state index in [1.54, 1.807) is 11.3 Å². The van der Waals surface area contributed by atoms with Crippen LogP contribution in [0.25, 0.3) is 11.4 Å². The third-order valence-corrected chi connectivity index (χ3v) is 6.64. The lowest BCUT2D eigenvalue weighted by Crippen LogP contribution is -2.18. The van der Waals surface area contributed by atoms with Crippen LogP contribution in [0.4, 0.5) is 11.4 Å². The summed E-state index contributed by atoms with van der Waals surface area (Å²) in [5.74, 6) is 0.695. The number of nitro benzene ring substituents is 1. The molecule has 1 aliphatic rings. The van der Waals surface area contributed by atoms with Crippen molar-refractivity contribution in [2.75, 3.05) is 17.7 Å². The number of aryl methyl sites for hydroxylation is 1. The van der Waals surface area contributed by atoms with Crippen molar-refractivity contribution >= 4 is 40.4 Å². The molecule has 11 heteroatoms. The number of ether oxygens (including phenoxy) is 1. The highest BCUT2D eigenvalue weighted by Crippen LogP contribution is 2.29. The molecule has 2 aromatic heterocycles. The van der Waals surface area contributed by atoms with Gasteiger partial charge in [-0.25, -0.2) is 0 Å². The smallest absolute Gasteiger partial charge is 0.269 e. The first-order valence-corrected chi connectivity index (χ1v) is 11.6. The van der Waals surface area contributed by atoms with Crippen molar-refractivity contribution < 1.29 is 14.5 Å². The second kappa shape index (κ2) is 9.58. The van der Waals surface area contributed by atoms with Crippen molar-refractivity contribution in [3.05, 3.63) is 50.7 Å². The Hall–Kier alpha value is -2.76. The molecular weight excluding hydrogens is 438 g/mol. The van der Waals surface area contributed by atoms with Gasteiger partial charge in [0, 0.05) is 40.2 Å². The molecule has 1 N–H and O–H groups in total. The van der Waals surface area contributed by atoms with Gasteiger partial charge >= 0.3 is 0 Å². The van der Waals surface area contributed by atoms with Crippen LogP contribution in [-0.2, 0) is 16.1 Å². The Balaban J connectivity index is 1.45. The molecule has 1 aliphatic heterocycles. The standard InChI is InChI=1S/C20H21N5O4S2/c1-13-9-14(11-30-13)19-22-23-20(24(19)10-17-3-2-8-29-17)31-12-18(26)21-15-4-6-16(7-5-15)25(27)28/h4-7,9,11,17H,2-3,8,10,12H2,1H3,(H,21,26). The number of hydrogen-bond donors (Lipinski definition) is 1. The number of nitro groups is 1. The summed E-state index contributed by atoms with van der Waals surface area (Å²) in [4.78, 5) is 23.9. The van der Waals surface area contributed by atoms with Crippen molar-refractivity contribution in [1.82, 2.24) is 14.8 Å². The van der Waals surface area contributed by atoms with Gasteiger partial charge in [-0.1, -0.05) is 11.8 Å². The quantitative estimate of drug-likeness (QED) is 0.306. The van der Waals surface area contributed by atoms with Crippen molar-refractivity contribution in [2.24, 2.45) is 0 Å². The molecule has 1 saturated heterocycles. The fraction of sp³-hybridized carbons (Fsp3) is 0.350. The maximum absolute atomic E-state index is 12.4. The van der Waals surface area contributed by atoms with Crippen LogP contribution in [0.15, 0.2) is 40.9 Å². The predicted octanol–water partition coefficient (Wildman–Crippen LogP) is 4.13. The number of rotatable bonds is 8. The predicted molar refractivity (Wildman–Crippen MR) is 119 cm³/mol. The van der Waals surface area contributed by atoms with Crippen LogP contribution in [0.5, 0.6) is 0 Å². The molecule has 0 bridgehead atoms. The number of hydrogen-bond acceptors (Lipinski definition) is 8. The van der Waals surface area contributed by atoms with Gasteiger partial charge in [-0.15, -0.1) is 21.5 Å². The molecule has 1 unspecified atom stereocenters. The largest absolute Gasteiger partial charge is 0.376 e. The van der Waals surface area contributed by atoms with Gasteiger partial charge in [0.05, 0.1) is 23.3 Å². The summed E-state index contributed by atoms with van der Waals surface area (Å²) in [5.41, 5.74) is 1.49. The molecule has 3 heterocycles. The van der Waals surface area contributed by atoms with Gasteiger partial charge in [0.25, 0.3) is 5.69 Å². The number of aromatic nitrogens is 3. The summed E-state index contributed by atoms with van der Waals surface area (Å²) in [6, 6.07) is 7.82. The molecule has 0 aliphatic carbocycles. The van der Waals surface area contributed by atoms with E-state index in [1.807, 2.05) is 11.5 Å². The molecular formula is C20H21N5O4S2. The van der Waals surface area contributed by atoms with Gasteiger partial charge in [-0.05, 0) is 38.0 Å². The zero-order valence-corrected chi connectivity index (χ0v) is 18.4. The summed E-state index contributed by atoms with van der Waals surface area (Å²) in [6.45, 7) is 3.45. The summed E-state index contributed by atoms with van der Waals surface area (Å²) >= 11 is 2.96. The van der Waals surface area contributed by atoms with Crippen molar-refractivity contribution in [2.45, 2.75) is 37.6 Å². The van der Waals surface area contributed by atoms with E-state index in [4.69, 9.17) is 4.74 Å². The maximum atomic E-state index is 12.4. The Morgan fingerprint density at radius 2 is 2.19 bits per heavy atom. The summed E-state index contributed by atoms with van der Waals surface area (Å²) in [7, 11) is 0. The fourth-order valence-corrected chi connectivity index (χ4v) is 4.75. The average Bonchev–Trinajstić information content (AvgIpc) is 3.49. The number of non-ortho nitro benzene ring substituents is 1. The van der Waals surface area contributed by atoms with Crippen LogP contribution in [0.3, 0.4) is 0 Å². The molecule has 3 aromatic rings. The molecule has 162 valence electrons. The molecule has 1 fully saturated rings. The zero-order valence-electron chi connectivity index (χ0n) is 16.8. The monoisotopic (exact) mass is 459 g/mol. The van der Waals surface area contributed by atoms with E-state index < -0.39 is 4.92 Å². The molecule has 0 saturated carbocycles. The van der Waals surface area contributed by atoms with E-state index in [1.165, 1.54) is 40.9 Å². The number of thioether (sulfide) groups is 1. The van der Waals surface area contributed by atoms with Gasteiger partial charge < -0.3 is 10.1 Å². The highest BCUT2D eigenvalue weighted by atomic mass is 32.2. The third kappa shape index (κ3) is 5.30. The van der Waals surface area contributed by atoms with E-state index in [0.717, 1.165) is 30.8 Å². The lowest BCUT2D eigenvalue weighted by molar-refractivity contribution is -0.384. The van der Waals surface area contributed by atoms with Gasteiger partial charge in [0.2, 0.25) is 5.91 Å². The van der Waals surface area contributed by atoms with Crippen LogP contribution in [0.1, 0.15) is 17.7 Å². The van der Waals surface area contributed by atoms with Crippen LogP contribution >= 0.6 is 23.1 Å². The van der Waals surface area contributed by atoms with Crippen LogP contribution in [-0.4, -0.2) is 44.1 Å². The highest BCUT2D eigenvalue weighted by Gasteiger charge is 2.22. The van der Waals surface area contributed by atoms with E-state index in [-0.39, 0.29) is 23.5 Å². The minimum atomic E-state index is -0.477. The van der Waals surface area contributed by atoms with E-state index in [2.05, 4.69) is 27.0 Å². The van der Waals surface area contributed by atoms with Gasteiger partial charge in [0.15, 0.2) is 11.0 Å². The van der Waals surface area contributed by atoms with Crippen molar-refractivity contribution in [3.63, 3.8) is 0 Å². The van der Waals surface area contributed by atoms with Crippen LogP contribution < -0.4 is 5.32 Å². The number of amides is 1. The first-order chi connectivity index (χ1) is 15.0. The number of thiophene rings is 1. The molecule has 31 heavy (non-hydrogen) atoms. The third-order valence-electron chi connectivity index (χ3n) is 4.81. The molecule has 9 nitrogen and oxygen atoms in total. The number of benzene rings is 1. The highest BCUT2D eigenvalue weighted by molar-refractivity contribution is 7.99. The maximum Gasteiger partial charge on any atom is 0.269 e. The van der Waals surface area contributed by atoms with Crippen LogP contribution in [0, 0.1) is 17.0 Å². The summed E-state index contributed by atoms with van der Waals surface area (Å²) in [6.07, 6.45) is 2.15. The van der Waals surface area contributed by atoms with E-state index in [0.29, 0.717) is 17.4 Å². The number of carbonyl (C=O) groups excluding carboxylic acids is 1. The van der Waals surface area contributed by atoms with Gasteiger partial charge in [0.1, 0.15) is 0 Å². The first kappa shape index (κ1) is 21.5. The van der Waals surface area contributed by atoms with Crippen molar-refractivity contribution in [1.29, 1.82) is 0 Å². The summed E-state index contributed by atoms with van der Waals surface area (Å²) in [5, 5.41) is 24.9. The number of nitrogens with zero attached hydrogens (tertiary/aromatic N) is 4. The minimum absolute atomic E-state index is 0.0224. The van der Waals surface area contributed by atoms with Gasteiger partial charge in [-0.2, -0.15) is 0 Å². The normalized spacial score (nSPS) is 15.8. The van der Waals surface area contributed by atoms with Gasteiger partial charge in [-0.3, -0.25) is 19.5 Å². The molecule has 1 atom stereocenters. The Morgan fingerprint density at radius 3 is 2.84 bits per heavy atom. The molecule has 0 spiro atoms. The average molecular weight is 460 g/mol. The SMILES string of the molecule is Cc1cc(-c2nnc(SCC(=O)Nc3ccc([N+](=O)[O-])cc3)n2CC2CCCO2)cs1. The lowest BCUT2D eigenvalue weighted by atomic mass is 10.2. The lowest BCUT2D eigenvalue weighted by Gasteiger charge is -2.14. The molecule has 1 amide bonds. The summed E-state index contributed by atoms with van der Waals surface area (Å²) < 4.78 is 7.83. The topological polar surface area (TPSA) is 112 Å². The molecule has 0 radical (unpaired) electrons. The zero-order chi connectivity index (χ0) is 21.8. The Bertz CT molecular complexity index is 1070. The van der Waals surface area contributed by atoms with E-state index >= 15 is 0 Å². The number of carbonyl (C=O) groups is 1. The Kier molecular flexibility index (Phi) is 6.64. The van der Waals surface area contributed by atoms with E-state index in [9.17, 15) is 14.9 Å². The second-order valence-electron chi connectivity index (χ2n) is 7.14. The Morgan fingerprint density at radius 1 is 1.39 bits per heavy atom. The molecule has 1 aromatic carbocycles. The number of anilines is 1. The minimum Gasteiger partial charge on any atom is -0.376 e. The molecule has 4 rings (SSSR count).